The van der Waals surface area contributed by atoms with Crippen LogP contribution in [0.25, 0.3) is 22.3 Å². The minimum absolute atomic E-state index is 0.0267. The van der Waals surface area contributed by atoms with E-state index in [1.165, 1.54) is 12.8 Å². The molecular formula is C22H27N5O2. The van der Waals surface area contributed by atoms with Crippen molar-refractivity contribution in [3.63, 3.8) is 0 Å². The summed E-state index contributed by atoms with van der Waals surface area (Å²) in [6.45, 7) is 5.00. The van der Waals surface area contributed by atoms with Crippen molar-refractivity contribution in [3.8, 4) is 17.0 Å². The van der Waals surface area contributed by atoms with Crippen LogP contribution in [0.3, 0.4) is 0 Å². The van der Waals surface area contributed by atoms with Crippen LogP contribution in [0.1, 0.15) is 30.2 Å². The first-order valence-electron chi connectivity index (χ1n) is 10.3. The summed E-state index contributed by atoms with van der Waals surface area (Å²) in [6, 6.07) is 10.3. The van der Waals surface area contributed by atoms with Gasteiger partial charge in [0.25, 0.3) is 0 Å². The molecule has 2 aliphatic rings. The standard InChI is InChI=1S/C22H27N5O2/c1-13-20-17(21-19(12-29-21)27-9-7-15(23-2)8-10-27)11-18(24-22(20)26-25-13)14-3-5-16(28)6-4-14/h3-6,11,15,19,21,23,28H,7-10,12H2,1-2H3,(H,24,25,26). The SMILES string of the molecule is CNC1CCN(C2COC2c2cc(-c3ccc(O)cc3)nc3n[nH]c(C)c23)CC1. The second-order valence-corrected chi connectivity index (χ2v) is 8.11. The van der Waals surface area contributed by atoms with Gasteiger partial charge in [-0.25, -0.2) is 4.98 Å². The summed E-state index contributed by atoms with van der Waals surface area (Å²) in [4.78, 5) is 7.33. The van der Waals surface area contributed by atoms with Crippen LogP contribution in [0.5, 0.6) is 5.75 Å². The highest BCUT2D eigenvalue weighted by atomic mass is 16.5. The lowest BCUT2D eigenvalue weighted by Gasteiger charge is -2.47. The van der Waals surface area contributed by atoms with E-state index in [2.05, 4.69) is 33.5 Å². The van der Waals surface area contributed by atoms with Crippen molar-refractivity contribution in [3.05, 3.63) is 41.6 Å². The molecule has 29 heavy (non-hydrogen) atoms. The first-order valence-corrected chi connectivity index (χ1v) is 10.3. The molecule has 3 N–H and O–H groups in total. The second-order valence-electron chi connectivity index (χ2n) is 8.11. The summed E-state index contributed by atoms with van der Waals surface area (Å²) < 4.78 is 6.11. The molecule has 5 rings (SSSR count). The van der Waals surface area contributed by atoms with Crippen LogP contribution >= 0.6 is 0 Å². The Morgan fingerprint density at radius 1 is 1.21 bits per heavy atom. The highest BCUT2D eigenvalue weighted by Crippen LogP contribution is 2.40. The van der Waals surface area contributed by atoms with Gasteiger partial charge < -0.3 is 15.2 Å². The largest absolute Gasteiger partial charge is 0.508 e. The number of ether oxygens (including phenoxy) is 1. The molecule has 2 aliphatic heterocycles. The van der Waals surface area contributed by atoms with E-state index in [4.69, 9.17) is 9.72 Å². The molecule has 0 saturated carbocycles. The molecule has 4 heterocycles. The van der Waals surface area contributed by atoms with Crippen molar-refractivity contribution in [2.24, 2.45) is 0 Å². The molecule has 0 amide bonds. The number of hydrogen-bond donors (Lipinski definition) is 3. The number of aromatic nitrogens is 3. The number of aromatic hydroxyl groups is 1. The third-order valence-electron chi connectivity index (χ3n) is 6.41. The number of phenols is 1. The van der Waals surface area contributed by atoms with E-state index in [0.29, 0.717) is 17.7 Å². The average Bonchev–Trinajstić information content (AvgIpc) is 3.09. The highest BCUT2D eigenvalue weighted by molar-refractivity contribution is 5.85. The number of hydrogen-bond acceptors (Lipinski definition) is 6. The number of benzene rings is 1. The Morgan fingerprint density at radius 2 is 1.97 bits per heavy atom. The van der Waals surface area contributed by atoms with Crippen LogP contribution in [0, 0.1) is 6.92 Å². The number of nitrogens with zero attached hydrogens (tertiary/aromatic N) is 3. The molecule has 0 radical (unpaired) electrons. The number of piperidine rings is 1. The van der Waals surface area contributed by atoms with Gasteiger partial charge in [0.05, 0.1) is 18.3 Å². The van der Waals surface area contributed by atoms with Gasteiger partial charge in [0, 0.05) is 35.8 Å². The third kappa shape index (κ3) is 3.29. The van der Waals surface area contributed by atoms with Gasteiger partial charge >= 0.3 is 0 Å². The van der Waals surface area contributed by atoms with Crippen molar-refractivity contribution in [2.45, 2.75) is 38.0 Å². The topological polar surface area (TPSA) is 86.3 Å². The molecule has 1 aromatic carbocycles. The molecular weight excluding hydrogens is 366 g/mol. The Labute approximate surface area is 170 Å². The van der Waals surface area contributed by atoms with E-state index >= 15 is 0 Å². The maximum atomic E-state index is 9.62. The fourth-order valence-electron chi connectivity index (χ4n) is 4.61. The minimum Gasteiger partial charge on any atom is -0.508 e. The van der Waals surface area contributed by atoms with Crippen molar-refractivity contribution in [1.82, 2.24) is 25.4 Å². The number of pyridine rings is 1. The molecule has 0 aliphatic carbocycles. The fourth-order valence-corrected chi connectivity index (χ4v) is 4.61. The van der Waals surface area contributed by atoms with Crippen LogP contribution in [-0.4, -0.2) is 64.0 Å². The molecule has 2 aromatic heterocycles. The summed E-state index contributed by atoms with van der Waals surface area (Å²) in [7, 11) is 2.05. The lowest BCUT2D eigenvalue weighted by molar-refractivity contribution is -0.141. The quantitative estimate of drug-likeness (QED) is 0.632. The fraction of sp³-hybridized carbons (Fsp3) is 0.455. The smallest absolute Gasteiger partial charge is 0.182 e. The van der Waals surface area contributed by atoms with Gasteiger partial charge in [-0.2, -0.15) is 5.10 Å². The van der Waals surface area contributed by atoms with Crippen molar-refractivity contribution < 1.29 is 9.84 Å². The maximum absolute atomic E-state index is 9.62. The number of H-pyrrole nitrogens is 1. The zero-order valence-corrected chi connectivity index (χ0v) is 16.9. The van der Waals surface area contributed by atoms with Crippen molar-refractivity contribution >= 4 is 11.0 Å². The van der Waals surface area contributed by atoms with Gasteiger partial charge in [-0.3, -0.25) is 10.00 Å². The van der Waals surface area contributed by atoms with E-state index in [0.717, 1.165) is 47.6 Å². The van der Waals surface area contributed by atoms with Gasteiger partial charge in [-0.15, -0.1) is 0 Å². The monoisotopic (exact) mass is 393 g/mol. The maximum Gasteiger partial charge on any atom is 0.182 e. The predicted molar refractivity (Wildman–Crippen MR) is 112 cm³/mol. The van der Waals surface area contributed by atoms with Crippen LogP contribution in [-0.2, 0) is 4.74 Å². The van der Waals surface area contributed by atoms with Gasteiger partial charge in [0.2, 0.25) is 0 Å². The summed E-state index contributed by atoms with van der Waals surface area (Å²) >= 11 is 0. The molecule has 0 spiro atoms. The first-order chi connectivity index (χ1) is 14.1. The molecule has 152 valence electrons. The van der Waals surface area contributed by atoms with E-state index in [9.17, 15) is 5.11 Å². The van der Waals surface area contributed by atoms with Gasteiger partial charge in [-0.1, -0.05) is 0 Å². The van der Waals surface area contributed by atoms with Crippen molar-refractivity contribution in [2.75, 3.05) is 26.7 Å². The van der Waals surface area contributed by atoms with Crippen molar-refractivity contribution in [1.29, 1.82) is 0 Å². The molecule has 7 nitrogen and oxygen atoms in total. The Kier molecular flexibility index (Phi) is 4.73. The number of aromatic amines is 1. The second kappa shape index (κ2) is 7.40. The summed E-state index contributed by atoms with van der Waals surface area (Å²) in [6.07, 6.45) is 2.38. The lowest BCUT2D eigenvalue weighted by atomic mass is 9.91. The molecule has 2 saturated heterocycles. The Balaban J connectivity index is 1.50. The van der Waals surface area contributed by atoms with Gasteiger partial charge in [-0.05, 0) is 62.7 Å². The van der Waals surface area contributed by atoms with Crippen LogP contribution in [0.15, 0.2) is 30.3 Å². The van der Waals surface area contributed by atoms with Gasteiger partial charge in [0.15, 0.2) is 5.65 Å². The summed E-state index contributed by atoms with van der Waals surface area (Å²) in [5.74, 6) is 0.248. The number of rotatable bonds is 4. The molecule has 2 atom stereocenters. The van der Waals surface area contributed by atoms with E-state index in [1.54, 1.807) is 12.1 Å². The van der Waals surface area contributed by atoms with Crippen LogP contribution in [0.4, 0.5) is 0 Å². The normalized spacial score (nSPS) is 23.4. The predicted octanol–water partition coefficient (Wildman–Crippen LogP) is 2.76. The van der Waals surface area contributed by atoms with Gasteiger partial charge in [0.1, 0.15) is 11.9 Å². The van der Waals surface area contributed by atoms with E-state index in [1.807, 2.05) is 19.1 Å². The molecule has 7 heteroatoms. The zero-order valence-electron chi connectivity index (χ0n) is 16.9. The number of fused-ring (bicyclic) bond motifs is 1. The number of likely N-dealkylation sites (tertiary alicyclic amines) is 1. The Hall–Kier alpha value is -2.48. The highest BCUT2D eigenvalue weighted by Gasteiger charge is 2.40. The zero-order chi connectivity index (χ0) is 20.0. The molecule has 0 bridgehead atoms. The number of nitrogens with one attached hydrogen (secondary N) is 2. The number of phenolic OH excluding ortho intramolecular Hbond substituents is 1. The molecule has 3 aromatic rings. The summed E-state index contributed by atoms with van der Waals surface area (Å²) in [5, 5.41) is 21.6. The van der Waals surface area contributed by atoms with Crippen LogP contribution < -0.4 is 5.32 Å². The third-order valence-corrected chi connectivity index (χ3v) is 6.41. The average molecular weight is 393 g/mol. The first kappa shape index (κ1) is 18.5. The Bertz CT molecular complexity index is 1010. The van der Waals surface area contributed by atoms with E-state index in [-0.39, 0.29) is 11.9 Å². The summed E-state index contributed by atoms with van der Waals surface area (Å²) in [5.41, 5.74) is 4.69. The lowest BCUT2D eigenvalue weighted by Crippen LogP contribution is -2.55. The van der Waals surface area contributed by atoms with Crippen LogP contribution in [0.2, 0.25) is 0 Å². The van der Waals surface area contributed by atoms with E-state index < -0.39 is 0 Å². The number of aryl methyl sites for hydroxylation is 1. The molecule has 2 unspecified atom stereocenters. The molecule has 2 fully saturated rings. The minimum atomic E-state index is 0.0267. The Morgan fingerprint density at radius 3 is 2.62 bits per heavy atom.